The van der Waals surface area contributed by atoms with E-state index in [9.17, 15) is 13.2 Å². The van der Waals surface area contributed by atoms with Gasteiger partial charge in [0.25, 0.3) is 0 Å². The van der Waals surface area contributed by atoms with Gasteiger partial charge in [0.05, 0.1) is 11.4 Å². The Labute approximate surface area is 235 Å². The van der Waals surface area contributed by atoms with Crippen LogP contribution in [0.5, 0.6) is 0 Å². The van der Waals surface area contributed by atoms with Gasteiger partial charge in [0.15, 0.2) is 5.82 Å². The van der Waals surface area contributed by atoms with Crippen molar-refractivity contribution >= 4 is 49.1 Å². The van der Waals surface area contributed by atoms with Gasteiger partial charge >= 0.3 is 0 Å². The molecule has 4 aromatic rings. The van der Waals surface area contributed by atoms with E-state index < -0.39 is 22.5 Å². The number of carbonyl (C=O) groups excluding carboxylic acids is 1. The predicted molar refractivity (Wildman–Crippen MR) is 149 cm³/mol. The summed E-state index contributed by atoms with van der Waals surface area (Å²) in [5.41, 5.74) is 2.07. The largest absolute Gasteiger partial charge is 0.339 e. The fourth-order valence-electron chi connectivity index (χ4n) is 3.62. The van der Waals surface area contributed by atoms with E-state index in [4.69, 9.17) is 16.1 Å². The first-order chi connectivity index (χ1) is 18.1. The molecule has 0 spiro atoms. The van der Waals surface area contributed by atoms with Crippen LogP contribution in [0.4, 0.5) is 5.69 Å². The highest BCUT2D eigenvalue weighted by Crippen LogP contribution is 2.24. The zero-order chi connectivity index (χ0) is 27.3. The molecule has 0 bridgehead atoms. The van der Waals surface area contributed by atoms with E-state index in [2.05, 4.69) is 31.4 Å². The Hall–Kier alpha value is -3.05. The molecule has 0 aliphatic carbocycles. The minimum atomic E-state index is -4.00. The SMILES string of the molecule is CC(C)c1nc(Cc2ccc(NC(=O)CN(Cc3ccccc3Cl)S(=O)(=O)c3ccc(Br)cc3)cc2)no1. The van der Waals surface area contributed by atoms with Crippen molar-refractivity contribution in [2.45, 2.75) is 37.6 Å². The van der Waals surface area contributed by atoms with Crippen molar-refractivity contribution in [1.82, 2.24) is 14.4 Å². The Balaban J connectivity index is 1.48. The van der Waals surface area contributed by atoms with E-state index in [1.165, 1.54) is 12.1 Å². The number of aromatic nitrogens is 2. The second-order valence-electron chi connectivity index (χ2n) is 8.94. The maximum atomic E-state index is 13.5. The van der Waals surface area contributed by atoms with Gasteiger partial charge in [0, 0.05) is 34.1 Å². The Morgan fingerprint density at radius 1 is 1.05 bits per heavy atom. The summed E-state index contributed by atoms with van der Waals surface area (Å²) in [5.74, 6) is 0.839. The second-order valence-corrected chi connectivity index (χ2v) is 12.2. The van der Waals surface area contributed by atoms with Gasteiger partial charge in [-0.15, -0.1) is 0 Å². The van der Waals surface area contributed by atoms with Crippen LogP contribution in [-0.2, 0) is 27.8 Å². The van der Waals surface area contributed by atoms with Crippen molar-refractivity contribution in [3.8, 4) is 0 Å². The summed E-state index contributed by atoms with van der Waals surface area (Å²) in [4.78, 5) is 17.4. The molecule has 0 aliphatic rings. The number of nitrogens with zero attached hydrogens (tertiary/aromatic N) is 3. The van der Waals surface area contributed by atoms with Crippen molar-refractivity contribution in [1.29, 1.82) is 0 Å². The smallest absolute Gasteiger partial charge is 0.243 e. The topological polar surface area (TPSA) is 105 Å². The normalized spacial score (nSPS) is 11.7. The lowest BCUT2D eigenvalue weighted by molar-refractivity contribution is -0.116. The quantitative estimate of drug-likeness (QED) is 0.233. The molecule has 0 unspecified atom stereocenters. The molecule has 1 amide bonds. The van der Waals surface area contributed by atoms with E-state index in [1.807, 2.05) is 26.0 Å². The molecule has 3 aromatic carbocycles. The highest BCUT2D eigenvalue weighted by atomic mass is 79.9. The van der Waals surface area contributed by atoms with E-state index in [-0.39, 0.29) is 17.4 Å². The van der Waals surface area contributed by atoms with Crippen LogP contribution in [0.15, 0.2) is 86.7 Å². The summed E-state index contributed by atoms with van der Waals surface area (Å²) < 4.78 is 34.1. The predicted octanol–water partition coefficient (Wildman–Crippen LogP) is 6.03. The van der Waals surface area contributed by atoms with Crippen LogP contribution in [0.1, 0.15) is 42.6 Å². The molecule has 0 fully saturated rings. The summed E-state index contributed by atoms with van der Waals surface area (Å²) in [7, 11) is -4.00. The molecule has 8 nitrogen and oxygen atoms in total. The van der Waals surface area contributed by atoms with Gasteiger partial charge < -0.3 is 9.84 Å². The molecule has 0 aliphatic heterocycles. The molecule has 38 heavy (non-hydrogen) atoms. The molecule has 0 saturated carbocycles. The van der Waals surface area contributed by atoms with E-state index in [1.54, 1.807) is 48.5 Å². The maximum absolute atomic E-state index is 13.5. The van der Waals surface area contributed by atoms with Crippen molar-refractivity contribution in [2.75, 3.05) is 11.9 Å². The zero-order valence-corrected chi connectivity index (χ0v) is 23.9. The monoisotopic (exact) mass is 616 g/mol. The molecule has 0 saturated heterocycles. The Kier molecular flexibility index (Phi) is 8.99. The van der Waals surface area contributed by atoms with Crippen LogP contribution < -0.4 is 5.32 Å². The highest BCUT2D eigenvalue weighted by molar-refractivity contribution is 9.10. The standard InChI is InChI=1S/C27H26BrClN4O4S/c1-18(2)27-31-25(32-37-27)15-19-7-11-22(12-8-19)30-26(34)17-33(16-20-5-3-4-6-24(20)29)38(35,36)23-13-9-21(28)10-14-23/h3-14,18H,15-17H2,1-2H3,(H,30,34). The minimum absolute atomic E-state index is 0.0620. The van der Waals surface area contributed by atoms with Crippen LogP contribution in [0, 0.1) is 0 Å². The lowest BCUT2D eigenvalue weighted by atomic mass is 10.1. The molecule has 0 atom stereocenters. The molecule has 1 heterocycles. The Morgan fingerprint density at radius 3 is 2.37 bits per heavy atom. The van der Waals surface area contributed by atoms with Crippen molar-refractivity contribution < 1.29 is 17.7 Å². The van der Waals surface area contributed by atoms with Crippen LogP contribution in [0.25, 0.3) is 0 Å². The Bertz CT molecular complexity index is 1510. The third-order valence-electron chi connectivity index (χ3n) is 5.65. The number of nitrogens with one attached hydrogen (secondary N) is 1. The maximum Gasteiger partial charge on any atom is 0.243 e. The molecule has 4 rings (SSSR count). The van der Waals surface area contributed by atoms with Gasteiger partial charge in [-0.25, -0.2) is 8.42 Å². The van der Waals surface area contributed by atoms with E-state index >= 15 is 0 Å². The molecular weight excluding hydrogens is 592 g/mol. The molecular formula is C27H26BrClN4O4S. The molecule has 198 valence electrons. The van der Waals surface area contributed by atoms with Crippen LogP contribution in [-0.4, -0.2) is 35.3 Å². The van der Waals surface area contributed by atoms with Gasteiger partial charge in [-0.3, -0.25) is 4.79 Å². The van der Waals surface area contributed by atoms with Crippen LogP contribution >= 0.6 is 27.5 Å². The number of halogens is 2. The van der Waals surface area contributed by atoms with Gasteiger partial charge in [0.1, 0.15) is 0 Å². The first-order valence-electron chi connectivity index (χ1n) is 11.8. The minimum Gasteiger partial charge on any atom is -0.339 e. The summed E-state index contributed by atoms with van der Waals surface area (Å²) in [5, 5.41) is 7.20. The third kappa shape index (κ3) is 7.08. The molecule has 1 aromatic heterocycles. The highest BCUT2D eigenvalue weighted by Gasteiger charge is 2.27. The second kappa shape index (κ2) is 12.2. The third-order valence-corrected chi connectivity index (χ3v) is 8.36. The Morgan fingerprint density at radius 2 is 1.74 bits per heavy atom. The molecule has 0 radical (unpaired) electrons. The first kappa shape index (κ1) is 28.0. The summed E-state index contributed by atoms with van der Waals surface area (Å²) in [6.07, 6.45) is 0.488. The number of carbonyl (C=O) groups is 1. The van der Waals surface area contributed by atoms with Gasteiger partial charge in [-0.1, -0.05) is 76.9 Å². The van der Waals surface area contributed by atoms with Gasteiger partial charge in [-0.05, 0) is 53.6 Å². The average molecular weight is 618 g/mol. The number of hydrogen-bond acceptors (Lipinski definition) is 6. The van der Waals surface area contributed by atoms with Crippen molar-refractivity contribution in [3.63, 3.8) is 0 Å². The first-order valence-corrected chi connectivity index (χ1v) is 14.4. The fourth-order valence-corrected chi connectivity index (χ4v) is 5.46. The van der Waals surface area contributed by atoms with Crippen molar-refractivity contribution in [2.24, 2.45) is 0 Å². The average Bonchev–Trinajstić information content (AvgIpc) is 3.35. The number of sulfonamides is 1. The zero-order valence-electron chi connectivity index (χ0n) is 20.8. The van der Waals surface area contributed by atoms with Crippen LogP contribution in [0.2, 0.25) is 5.02 Å². The van der Waals surface area contributed by atoms with Crippen molar-refractivity contribution in [3.05, 3.63) is 105 Å². The lowest BCUT2D eigenvalue weighted by Gasteiger charge is -2.22. The molecule has 1 N–H and O–H groups in total. The number of anilines is 1. The van der Waals surface area contributed by atoms with Gasteiger partial charge in [0.2, 0.25) is 21.8 Å². The fraction of sp³-hybridized carbons (Fsp3) is 0.222. The number of benzene rings is 3. The van der Waals surface area contributed by atoms with Crippen LogP contribution in [0.3, 0.4) is 0 Å². The van der Waals surface area contributed by atoms with Gasteiger partial charge in [-0.2, -0.15) is 9.29 Å². The molecule has 11 heteroatoms. The summed E-state index contributed by atoms with van der Waals surface area (Å²) in [6, 6.07) is 20.4. The van der Waals surface area contributed by atoms with E-state index in [0.29, 0.717) is 34.4 Å². The number of hydrogen-bond donors (Lipinski definition) is 1. The van der Waals surface area contributed by atoms with E-state index in [0.717, 1.165) is 14.3 Å². The summed E-state index contributed by atoms with van der Waals surface area (Å²) in [6.45, 7) is 3.50. The lowest BCUT2D eigenvalue weighted by Crippen LogP contribution is -2.37. The summed E-state index contributed by atoms with van der Waals surface area (Å²) >= 11 is 9.62. The number of rotatable bonds is 10. The number of amides is 1.